The van der Waals surface area contributed by atoms with Crippen molar-refractivity contribution in [2.45, 2.75) is 45.7 Å². The molecule has 1 aliphatic heterocycles. The monoisotopic (exact) mass is 530 g/mol. The minimum Gasteiger partial charge on any atom is -0.495 e. The van der Waals surface area contributed by atoms with Crippen LogP contribution in [0.25, 0.3) is 5.69 Å². The van der Waals surface area contributed by atoms with Gasteiger partial charge in [0.2, 0.25) is 0 Å². The molecule has 5 nitrogen and oxygen atoms in total. The van der Waals surface area contributed by atoms with E-state index in [0.29, 0.717) is 16.1 Å². The Morgan fingerprint density at radius 1 is 1.03 bits per heavy atom. The Kier molecular flexibility index (Phi) is 6.97. The molecule has 0 saturated carbocycles. The summed E-state index contributed by atoms with van der Waals surface area (Å²) in [5.74, 6) is 1.22. The molecule has 2 aromatic carbocycles. The number of hydrogen-bond acceptors (Lipinski definition) is 3. The van der Waals surface area contributed by atoms with E-state index < -0.39 is 0 Å². The van der Waals surface area contributed by atoms with Crippen LogP contribution in [0.15, 0.2) is 72.9 Å². The van der Waals surface area contributed by atoms with Gasteiger partial charge in [-0.15, -0.1) is 0 Å². The third-order valence-electron chi connectivity index (χ3n) is 7.11. The van der Waals surface area contributed by atoms with E-state index in [4.69, 9.17) is 33.5 Å². The molecule has 5 rings (SSSR count). The van der Waals surface area contributed by atoms with Crippen molar-refractivity contribution in [1.82, 2.24) is 14.9 Å². The molecule has 37 heavy (non-hydrogen) atoms. The van der Waals surface area contributed by atoms with Crippen molar-refractivity contribution < 1.29 is 4.74 Å². The molecule has 1 N–H and O–H groups in total. The first-order valence-corrected chi connectivity index (χ1v) is 13.2. The summed E-state index contributed by atoms with van der Waals surface area (Å²) in [6.07, 6.45) is 1.83. The maximum absolute atomic E-state index is 6.41. The Morgan fingerprint density at radius 3 is 2.43 bits per heavy atom. The van der Waals surface area contributed by atoms with Crippen molar-refractivity contribution >= 4 is 34.6 Å². The van der Waals surface area contributed by atoms with E-state index in [2.05, 4.69) is 78.9 Å². The second-order valence-electron chi connectivity index (χ2n) is 9.72. The normalized spacial score (nSPS) is 17.4. The van der Waals surface area contributed by atoms with Crippen LogP contribution in [-0.4, -0.2) is 21.8 Å². The lowest BCUT2D eigenvalue weighted by molar-refractivity contribution is 0.412. The summed E-state index contributed by atoms with van der Waals surface area (Å²) in [7, 11) is 1.68. The van der Waals surface area contributed by atoms with Crippen LogP contribution in [0.2, 0.25) is 5.02 Å². The van der Waals surface area contributed by atoms with Gasteiger partial charge in [0.1, 0.15) is 5.75 Å². The van der Waals surface area contributed by atoms with E-state index in [1.54, 1.807) is 7.11 Å². The van der Waals surface area contributed by atoms with E-state index in [1.807, 2.05) is 36.5 Å². The third-order valence-corrected chi connectivity index (χ3v) is 7.66. The predicted molar refractivity (Wildman–Crippen MR) is 155 cm³/mol. The molecule has 2 atom stereocenters. The van der Waals surface area contributed by atoms with Crippen LogP contribution in [0.3, 0.4) is 0 Å². The number of aromatic nitrogens is 2. The number of rotatable bonds is 6. The van der Waals surface area contributed by atoms with Gasteiger partial charge >= 0.3 is 0 Å². The highest BCUT2D eigenvalue weighted by Gasteiger charge is 2.42. The van der Waals surface area contributed by atoms with Crippen molar-refractivity contribution in [1.29, 1.82) is 0 Å². The van der Waals surface area contributed by atoms with Gasteiger partial charge in [-0.25, -0.2) is 0 Å². The van der Waals surface area contributed by atoms with Gasteiger partial charge in [0.15, 0.2) is 5.11 Å². The Balaban J connectivity index is 1.68. The van der Waals surface area contributed by atoms with Gasteiger partial charge in [-0.1, -0.05) is 43.6 Å². The van der Waals surface area contributed by atoms with Crippen LogP contribution in [0, 0.1) is 13.8 Å². The van der Waals surface area contributed by atoms with Gasteiger partial charge in [0, 0.05) is 28.3 Å². The van der Waals surface area contributed by atoms with Crippen molar-refractivity contribution in [3.05, 3.63) is 106 Å². The number of halogens is 1. The molecule has 4 aromatic rings. The number of benzene rings is 2. The van der Waals surface area contributed by atoms with Crippen LogP contribution < -0.4 is 15.0 Å². The van der Waals surface area contributed by atoms with E-state index in [9.17, 15) is 0 Å². The third kappa shape index (κ3) is 4.60. The minimum absolute atomic E-state index is 0.0996. The molecule has 0 aliphatic carbocycles. The van der Waals surface area contributed by atoms with Crippen molar-refractivity contribution in [2.75, 3.05) is 12.0 Å². The fourth-order valence-electron chi connectivity index (χ4n) is 5.26. The average Bonchev–Trinajstić information content (AvgIpc) is 3.39. The molecule has 1 fully saturated rings. The fraction of sp³-hybridized carbons (Fsp3) is 0.267. The summed E-state index contributed by atoms with van der Waals surface area (Å²) >= 11 is 12.3. The molecule has 7 heteroatoms. The van der Waals surface area contributed by atoms with Gasteiger partial charge in [-0.3, -0.25) is 4.98 Å². The molecule has 0 spiro atoms. The highest BCUT2D eigenvalue weighted by Crippen LogP contribution is 2.44. The van der Waals surface area contributed by atoms with Crippen LogP contribution in [0.1, 0.15) is 60.1 Å². The first-order valence-electron chi connectivity index (χ1n) is 12.4. The largest absolute Gasteiger partial charge is 0.495 e. The average molecular weight is 531 g/mol. The lowest BCUT2D eigenvalue weighted by Crippen LogP contribution is -2.29. The first kappa shape index (κ1) is 25.3. The Morgan fingerprint density at radius 2 is 1.78 bits per heavy atom. The number of ether oxygens (including phenoxy) is 1. The van der Waals surface area contributed by atoms with E-state index in [0.717, 1.165) is 39.8 Å². The second-order valence-corrected chi connectivity index (χ2v) is 10.5. The molecule has 190 valence electrons. The zero-order valence-electron chi connectivity index (χ0n) is 21.7. The highest BCUT2D eigenvalue weighted by molar-refractivity contribution is 7.80. The molecule has 0 radical (unpaired) electrons. The van der Waals surface area contributed by atoms with Gasteiger partial charge in [0.25, 0.3) is 0 Å². The number of pyridine rings is 1. The minimum atomic E-state index is -0.117. The first-order chi connectivity index (χ1) is 17.8. The second kappa shape index (κ2) is 10.2. The quantitative estimate of drug-likeness (QED) is 0.262. The molecular formula is C30H31ClN4OS. The van der Waals surface area contributed by atoms with Crippen LogP contribution in [-0.2, 0) is 0 Å². The van der Waals surface area contributed by atoms with Crippen LogP contribution >= 0.6 is 23.8 Å². The van der Waals surface area contributed by atoms with Gasteiger partial charge in [0.05, 0.1) is 30.6 Å². The summed E-state index contributed by atoms with van der Waals surface area (Å²) in [5.41, 5.74) is 7.55. The zero-order valence-corrected chi connectivity index (χ0v) is 23.3. The number of anilines is 1. The molecule has 0 bridgehead atoms. The lowest BCUT2D eigenvalue weighted by Gasteiger charge is -2.28. The lowest BCUT2D eigenvalue weighted by atomic mass is 9.96. The topological polar surface area (TPSA) is 42.3 Å². The van der Waals surface area contributed by atoms with Crippen LogP contribution in [0.4, 0.5) is 5.69 Å². The maximum atomic E-state index is 6.41. The molecule has 0 unspecified atom stereocenters. The maximum Gasteiger partial charge on any atom is 0.174 e. The summed E-state index contributed by atoms with van der Waals surface area (Å²) in [6, 6.07) is 22.4. The summed E-state index contributed by atoms with van der Waals surface area (Å²) in [4.78, 5) is 6.92. The predicted octanol–water partition coefficient (Wildman–Crippen LogP) is 7.45. The summed E-state index contributed by atoms with van der Waals surface area (Å²) < 4.78 is 7.90. The number of hydrogen-bond donors (Lipinski definition) is 1. The number of nitrogens with zero attached hydrogens (tertiary/aromatic N) is 3. The van der Waals surface area contributed by atoms with Crippen LogP contribution in [0.5, 0.6) is 5.75 Å². The van der Waals surface area contributed by atoms with Crippen molar-refractivity contribution in [3.8, 4) is 11.4 Å². The summed E-state index contributed by atoms with van der Waals surface area (Å²) in [6.45, 7) is 8.65. The Hall–Kier alpha value is -3.35. The number of thiocarbonyl (C=S) groups is 1. The van der Waals surface area contributed by atoms with E-state index in [1.165, 1.54) is 5.56 Å². The molecule has 0 amide bonds. The van der Waals surface area contributed by atoms with Crippen molar-refractivity contribution in [2.24, 2.45) is 0 Å². The smallest absolute Gasteiger partial charge is 0.174 e. The van der Waals surface area contributed by atoms with Gasteiger partial charge in [-0.2, -0.15) is 0 Å². The summed E-state index contributed by atoms with van der Waals surface area (Å²) in [5, 5.41) is 4.91. The Bertz CT molecular complexity index is 1430. The molecule has 3 heterocycles. The van der Waals surface area contributed by atoms with E-state index in [-0.39, 0.29) is 12.1 Å². The van der Waals surface area contributed by atoms with Gasteiger partial charge in [-0.05, 0) is 91.6 Å². The molecular weight excluding hydrogens is 500 g/mol. The highest BCUT2D eigenvalue weighted by atomic mass is 35.5. The molecule has 1 aliphatic rings. The number of methoxy groups -OCH3 is 1. The van der Waals surface area contributed by atoms with Gasteiger partial charge < -0.3 is 19.5 Å². The molecule has 2 aromatic heterocycles. The SMILES string of the molecule is COc1ccc(Cl)cc1-n1c(C)cc([C@@H]2[C@@H](c3ccccn3)NC(=S)N2c2ccc(C(C)C)cc2)c1C. The number of nitrogens with one attached hydrogen (secondary N) is 1. The standard InChI is InChI=1S/C30H31ClN4OS/c1-18(2)21-9-12-23(13-10-21)35-29(28(33-30(35)37)25-8-6-7-15-32-25)24-16-19(3)34(20(24)4)26-17-22(31)11-14-27(26)36-5/h6-18,28-29H,1-5H3,(H,33,37)/t28-,29-/m1/s1. The zero-order chi connectivity index (χ0) is 26.3. The molecule has 1 saturated heterocycles. The number of aryl methyl sites for hydroxylation is 1. The van der Waals surface area contributed by atoms with Crippen molar-refractivity contribution in [3.63, 3.8) is 0 Å². The van der Waals surface area contributed by atoms with E-state index >= 15 is 0 Å². The fourth-order valence-corrected chi connectivity index (χ4v) is 5.78. The Labute approximate surface area is 229 Å².